The van der Waals surface area contributed by atoms with Crippen molar-refractivity contribution in [3.63, 3.8) is 0 Å². The summed E-state index contributed by atoms with van der Waals surface area (Å²) in [7, 11) is 0. The lowest BCUT2D eigenvalue weighted by Gasteiger charge is -2.13. The lowest BCUT2D eigenvalue weighted by Crippen LogP contribution is -2.10. The van der Waals surface area contributed by atoms with Crippen molar-refractivity contribution in [1.82, 2.24) is 0 Å². The van der Waals surface area contributed by atoms with Crippen LogP contribution in [0.15, 0.2) is 18.2 Å². The van der Waals surface area contributed by atoms with Crippen molar-refractivity contribution in [2.45, 2.75) is 33.1 Å². The smallest absolute Gasteiger partial charge is 0.338 e. The van der Waals surface area contributed by atoms with Crippen LogP contribution in [0.1, 0.15) is 49.0 Å². The number of hydrogen-bond acceptors (Lipinski definition) is 3. The van der Waals surface area contributed by atoms with E-state index in [1.165, 1.54) is 0 Å². The lowest BCUT2D eigenvalue weighted by molar-refractivity contribution is 0.0503. The van der Waals surface area contributed by atoms with Crippen LogP contribution in [-0.4, -0.2) is 17.7 Å². The molecule has 88 valence electrons. The van der Waals surface area contributed by atoms with E-state index in [0.29, 0.717) is 17.7 Å². The number of phenolic OH excluding ortho intramolecular Hbond substituents is 1. The summed E-state index contributed by atoms with van der Waals surface area (Å²) in [6.07, 6.45) is 0.793. The van der Waals surface area contributed by atoms with Crippen LogP contribution in [0.25, 0.3) is 0 Å². The second-order valence-corrected chi connectivity index (χ2v) is 4.03. The molecule has 16 heavy (non-hydrogen) atoms. The quantitative estimate of drug-likeness (QED) is 0.796. The van der Waals surface area contributed by atoms with Gasteiger partial charge < -0.3 is 9.84 Å². The average molecular weight is 222 g/mol. The maximum Gasteiger partial charge on any atom is 0.338 e. The van der Waals surface area contributed by atoms with Crippen LogP contribution in [0.2, 0.25) is 0 Å². The van der Waals surface area contributed by atoms with E-state index in [1.54, 1.807) is 18.2 Å². The predicted molar refractivity (Wildman–Crippen MR) is 62.8 cm³/mol. The number of carbonyl (C=O) groups is 1. The summed E-state index contributed by atoms with van der Waals surface area (Å²) in [5.74, 6) is -0.118. The molecular formula is C13H18O3. The van der Waals surface area contributed by atoms with Gasteiger partial charge in [0, 0.05) is 5.56 Å². The summed E-state index contributed by atoms with van der Waals surface area (Å²) in [6.45, 7) is 6.22. The van der Waals surface area contributed by atoms with Crippen LogP contribution in [0, 0.1) is 0 Å². The van der Waals surface area contributed by atoms with Gasteiger partial charge in [-0.15, -0.1) is 0 Å². The Morgan fingerprint density at radius 3 is 2.69 bits per heavy atom. The molecule has 1 N–H and O–H groups in total. The van der Waals surface area contributed by atoms with Gasteiger partial charge in [-0.3, -0.25) is 0 Å². The molecule has 1 rings (SSSR count). The molecule has 0 amide bonds. The van der Waals surface area contributed by atoms with Gasteiger partial charge in [0.2, 0.25) is 0 Å². The summed E-state index contributed by atoms with van der Waals surface area (Å²) in [6, 6.07) is 4.93. The predicted octanol–water partition coefficient (Wildman–Crippen LogP) is 3.08. The zero-order chi connectivity index (χ0) is 12.1. The molecule has 0 aliphatic rings. The van der Waals surface area contributed by atoms with Crippen molar-refractivity contribution in [2.24, 2.45) is 0 Å². The molecule has 3 nitrogen and oxygen atoms in total. The van der Waals surface area contributed by atoms with E-state index in [2.05, 4.69) is 0 Å². The van der Waals surface area contributed by atoms with E-state index in [0.717, 1.165) is 6.42 Å². The van der Waals surface area contributed by atoms with Gasteiger partial charge in [-0.1, -0.05) is 26.8 Å². The molecule has 1 aromatic carbocycles. The van der Waals surface area contributed by atoms with Crippen molar-refractivity contribution in [1.29, 1.82) is 0 Å². The first-order valence-electron chi connectivity index (χ1n) is 5.57. The van der Waals surface area contributed by atoms with E-state index in [4.69, 9.17) is 4.74 Å². The first kappa shape index (κ1) is 12.6. The first-order chi connectivity index (χ1) is 7.57. The minimum atomic E-state index is -0.360. The SMILES string of the molecule is CCCOC(=O)c1cccc(O)c1C(C)C. The van der Waals surface area contributed by atoms with E-state index in [9.17, 15) is 9.90 Å². The number of rotatable bonds is 4. The summed E-state index contributed by atoms with van der Waals surface area (Å²) in [5.41, 5.74) is 1.12. The number of ether oxygens (including phenoxy) is 1. The Hall–Kier alpha value is -1.51. The molecule has 1 aromatic rings. The maximum atomic E-state index is 11.7. The average Bonchev–Trinajstić information content (AvgIpc) is 2.24. The highest BCUT2D eigenvalue weighted by Crippen LogP contribution is 2.29. The number of aromatic hydroxyl groups is 1. The zero-order valence-corrected chi connectivity index (χ0v) is 9.99. The van der Waals surface area contributed by atoms with Crippen molar-refractivity contribution in [3.05, 3.63) is 29.3 Å². The summed E-state index contributed by atoms with van der Waals surface area (Å²) in [5, 5.41) is 9.73. The van der Waals surface area contributed by atoms with Crippen molar-refractivity contribution < 1.29 is 14.6 Å². The van der Waals surface area contributed by atoms with Crippen LogP contribution in [0.5, 0.6) is 5.75 Å². The van der Waals surface area contributed by atoms with E-state index in [-0.39, 0.29) is 17.6 Å². The van der Waals surface area contributed by atoms with Crippen LogP contribution in [0.4, 0.5) is 0 Å². The van der Waals surface area contributed by atoms with E-state index < -0.39 is 0 Å². The number of esters is 1. The Kier molecular flexibility index (Phi) is 4.35. The molecule has 0 aliphatic heterocycles. The van der Waals surface area contributed by atoms with Gasteiger partial charge in [-0.2, -0.15) is 0 Å². The van der Waals surface area contributed by atoms with Gasteiger partial charge in [0.15, 0.2) is 0 Å². The molecule has 0 fully saturated rings. The molecule has 0 aliphatic carbocycles. The van der Waals surface area contributed by atoms with Crippen LogP contribution in [0.3, 0.4) is 0 Å². The minimum Gasteiger partial charge on any atom is -0.508 e. The molecule has 0 saturated heterocycles. The highest BCUT2D eigenvalue weighted by molar-refractivity contribution is 5.92. The molecule has 0 atom stereocenters. The lowest BCUT2D eigenvalue weighted by atomic mass is 9.96. The van der Waals surface area contributed by atoms with Gasteiger partial charge in [0.1, 0.15) is 5.75 Å². The molecule has 0 spiro atoms. The second-order valence-electron chi connectivity index (χ2n) is 4.03. The van der Waals surface area contributed by atoms with Crippen LogP contribution < -0.4 is 0 Å². The van der Waals surface area contributed by atoms with Gasteiger partial charge in [0.05, 0.1) is 12.2 Å². The Morgan fingerprint density at radius 1 is 1.44 bits per heavy atom. The van der Waals surface area contributed by atoms with Gasteiger partial charge in [0.25, 0.3) is 0 Å². The Balaban J connectivity index is 3.03. The largest absolute Gasteiger partial charge is 0.508 e. The summed E-state index contributed by atoms with van der Waals surface area (Å²) in [4.78, 5) is 11.7. The monoisotopic (exact) mass is 222 g/mol. The van der Waals surface area contributed by atoms with Crippen LogP contribution in [-0.2, 0) is 4.74 Å². The third kappa shape index (κ3) is 2.75. The molecular weight excluding hydrogens is 204 g/mol. The number of carbonyl (C=O) groups excluding carboxylic acids is 1. The molecule has 3 heteroatoms. The number of phenols is 1. The Bertz CT molecular complexity index is 369. The highest BCUT2D eigenvalue weighted by Gasteiger charge is 2.17. The Morgan fingerprint density at radius 2 is 2.12 bits per heavy atom. The molecule has 0 saturated carbocycles. The third-order valence-electron chi connectivity index (χ3n) is 2.32. The second kappa shape index (κ2) is 5.54. The van der Waals surface area contributed by atoms with Gasteiger partial charge in [-0.25, -0.2) is 4.79 Å². The molecule has 0 unspecified atom stereocenters. The zero-order valence-electron chi connectivity index (χ0n) is 9.99. The topological polar surface area (TPSA) is 46.5 Å². The minimum absolute atomic E-state index is 0.0883. The molecule has 0 heterocycles. The standard InChI is InChI=1S/C13H18O3/c1-4-8-16-13(15)10-6-5-7-11(14)12(10)9(2)3/h5-7,9,14H,4,8H2,1-3H3. The fraction of sp³-hybridized carbons (Fsp3) is 0.462. The van der Waals surface area contributed by atoms with Crippen molar-refractivity contribution in [2.75, 3.05) is 6.61 Å². The fourth-order valence-corrected chi connectivity index (χ4v) is 1.61. The number of benzene rings is 1. The first-order valence-corrected chi connectivity index (χ1v) is 5.57. The van der Waals surface area contributed by atoms with Crippen molar-refractivity contribution >= 4 is 5.97 Å². The fourth-order valence-electron chi connectivity index (χ4n) is 1.61. The molecule has 0 radical (unpaired) electrons. The maximum absolute atomic E-state index is 11.7. The Labute approximate surface area is 96.1 Å². The normalized spacial score (nSPS) is 10.5. The van der Waals surface area contributed by atoms with Gasteiger partial charge >= 0.3 is 5.97 Å². The molecule has 0 aromatic heterocycles. The van der Waals surface area contributed by atoms with Crippen molar-refractivity contribution in [3.8, 4) is 5.75 Å². The van der Waals surface area contributed by atoms with Gasteiger partial charge in [-0.05, 0) is 24.5 Å². The number of hydrogen-bond donors (Lipinski definition) is 1. The summed E-state index contributed by atoms with van der Waals surface area (Å²) >= 11 is 0. The third-order valence-corrected chi connectivity index (χ3v) is 2.32. The van der Waals surface area contributed by atoms with E-state index in [1.807, 2.05) is 20.8 Å². The summed E-state index contributed by atoms with van der Waals surface area (Å²) < 4.78 is 5.07. The molecule has 0 bridgehead atoms. The van der Waals surface area contributed by atoms with E-state index >= 15 is 0 Å². The van der Waals surface area contributed by atoms with Crippen LogP contribution >= 0.6 is 0 Å². The highest BCUT2D eigenvalue weighted by atomic mass is 16.5.